The molecule has 0 heterocycles. The zero-order valence-electron chi connectivity index (χ0n) is 17.7. The summed E-state index contributed by atoms with van der Waals surface area (Å²) >= 11 is 0. The highest BCUT2D eigenvalue weighted by Crippen LogP contribution is 2.18. The van der Waals surface area contributed by atoms with Crippen LogP contribution in [0.4, 0.5) is 8.78 Å². The van der Waals surface area contributed by atoms with E-state index in [9.17, 15) is 13.6 Å². The third-order valence-corrected chi connectivity index (χ3v) is 4.57. The summed E-state index contributed by atoms with van der Waals surface area (Å²) in [5.74, 6) is 1.20. The molecule has 2 aromatic carbocycles. The van der Waals surface area contributed by atoms with Gasteiger partial charge in [0.05, 0.1) is 0 Å². The highest BCUT2D eigenvalue weighted by molar-refractivity contribution is 5.69. The first-order valence-electron chi connectivity index (χ1n) is 10.7. The Bertz CT molecular complexity index is 772. The van der Waals surface area contributed by atoms with Crippen LogP contribution in [0.15, 0.2) is 66.8 Å². The quantitative estimate of drug-likeness (QED) is 0.232. The molecule has 0 unspecified atom stereocenters. The number of carbonyl (C=O) groups is 1. The van der Waals surface area contributed by atoms with Crippen LogP contribution >= 0.6 is 0 Å². The van der Waals surface area contributed by atoms with E-state index in [1.165, 1.54) is 0 Å². The largest absolute Gasteiger partial charge is 0.490 e. The van der Waals surface area contributed by atoms with E-state index in [1.807, 2.05) is 54.6 Å². The van der Waals surface area contributed by atoms with Crippen molar-refractivity contribution in [1.82, 2.24) is 0 Å². The highest BCUT2D eigenvalue weighted by Gasteiger charge is 2.03. The van der Waals surface area contributed by atoms with Crippen molar-refractivity contribution >= 4 is 5.97 Å². The lowest BCUT2D eigenvalue weighted by atomic mass is 10.1. The lowest BCUT2D eigenvalue weighted by Crippen LogP contribution is -2.12. The highest BCUT2D eigenvalue weighted by atomic mass is 19.3. The van der Waals surface area contributed by atoms with Gasteiger partial charge in [0.1, 0.15) is 31.3 Å². The van der Waals surface area contributed by atoms with Crippen molar-refractivity contribution in [3.63, 3.8) is 0 Å². The average molecular weight is 433 g/mol. The summed E-state index contributed by atoms with van der Waals surface area (Å²) in [6.07, 6.45) is 4.33. The van der Waals surface area contributed by atoms with Gasteiger partial charge in [-0.05, 0) is 55.2 Å². The van der Waals surface area contributed by atoms with Crippen molar-refractivity contribution in [3.8, 4) is 11.5 Å². The monoisotopic (exact) mass is 432 g/mol. The van der Waals surface area contributed by atoms with E-state index in [0.29, 0.717) is 25.2 Å². The minimum atomic E-state index is -1.61. The molecule has 0 bridgehead atoms. The maximum atomic E-state index is 11.9. The second-order valence-corrected chi connectivity index (χ2v) is 7.11. The van der Waals surface area contributed by atoms with Crippen LogP contribution in [0, 0.1) is 0 Å². The van der Waals surface area contributed by atoms with Crippen molar-refractivity contribution in [2.24, 2.45) is 0 Å². The molecule has 168 valence electrons. The molecule has 2 rings (SSSR count). The number of allylic oxidation sites excluding steroid dienone is 1. The third-order valence-electron chi connectivity index (χ3n) is 4.57. The maximum absolute atomic E-state index is 11.9. The molecule has 0 aliphatic carbocycles. The maximum Gasteiger partial charge on any atom is 0.305 e. The van der Waals surface area contributed by atoms with Crippen LogP contribution < -0.4 is 9.47 Å². The van der Waals surface area contributed by atoms with Crippen LogP contribution in [-0.2, 0) is 16.1 Å². The smallest absolute Gasteiger partial charge is 0.305 e. The molecule has 0 aromatic heterocycles. The molecular formula is C25H30F2O4. The SMILES string of the molecule is O=C(CCCCCCCC=C(F)F)OCCOc1ccc(OCc2ccccc2)cc1. The second-order valence-electron chi connectivity index (χ2n) is 7.11. The Kier molecular flexibility index (Phi) is 11.8. The van der Waals surface area contributed by atoms with Crippen LogP contribution in [0.1, 0.15) is 50.5 Å². The van der Waals surface area contributed by atoms with Gasteiger partial charge in [0.2, 0.25) is 0 Å². The Morgan fingerprint density at radius 2 is 1.42 bits per heavy atom. The van der Waals surface area contributed by atoms with Crippen molar-refractivity contribution in [3.05, 3.63) is 72.3 Å². The van der Waals surface area contributed by atoms with E-state index in [0.717, 1.165) is 49.5 Å². The van der Waals surface area contributed by atoms with E-state index in [2.05, 4.69) is 0 Å². The first-order chi connectivity index (χ1) is 15.1. The average Bonchev–Trinajstić information content (AvgIpc) is 2.78. The Morgan fingerprint density at radius 1 is 0.774 bits per heavy atom. The molecule has 0 fully saturated rings. The number of unbranched alkanes of at least 4 members (excludes halogenated alkanes) is 5. The predicted octanol–water partition coefficient (Wildman–Crippen LogP) is 6.70. The van der Waals surface area contributed by atoms with Gasteiger partial charge in [-0.15, -0.1) is 0 Å². The molecule has 0 N–H and O–H groups in total. The molecule has 4 nitrogen and oxygen atoms in total. The van der Waals surface area contributed by atoms with Gasteiger partial charge in [0.25, 0.3) is 6.08 Å². The summed E-state index contributed by atoms with van der Waals surface area (Å²) in [6, 6.07) is 17.3. The fraction of sp³-hybridized carbons (Fsp3) is 0.400. The van der Waals surface area contributed by atoms with Gasteiger partial charge >= 0.3 is 5.97 Å². The van der Waals surface area contributed by atoms with Crippen LogP contribution in [0.3, 0.4) is 0 Å². The van der Waals surface area contributed by atoms with E-state index in [1.54, 1.807) is 0 Å². The summed E-state index contributed by atoms with van der Waals surface area (Å²) in [7, 11) is 0. The zero-order valence-corrected chi connectivity index (χ0v) is 17.7. The number of carbonyl (C=O) groups excluding carboxylic acids is 1. The Balaban J connectivity index is 1.48. The van der Waals surface area contributed by atoms with Gasteiger partial charge in [0.15, 0.2) is 0 Å². The minimum Gasteiger partial charge on any atom is -0.490 e. The fourth-order valence-electron chi connectivity index (χ4n) is 2.92. The van der Waals surface area contributed by atoms with Gasteiger partial charge in [-0.1, -0.05) is 49.6 Å². The molecule has 0 aliphatic rings. The molecule has 0 atom stereocenters. The molecule has 6 heteroatoms. The van der Waals surface area contributed by atoms with E-state index in [-0.39, 0.29) is 19.2 Å². The van der Waals surface area contributed by atoms with Gasteiger partial charge in [-0.25, -0.2) is 0 Å². The third kappa shape index (κ3) is 11.8. The molecule has 0 radical (unpaired) electrons. The molecular weight excluding hydrogens is 402 g/mol. The Labute approximate surface area is 182 Å². The minimum absolute atomic E-state index is 0.201. The van der Waals surface area contributed by atoms with Crippen molar-refractivity contribution in [1.29, 1.82) is 0 Å². The molecule has 0 saturated carbocycles. The summed E-state index contributed by atoms with van der Waals surface area (Å²) in [4.78, 5) is 11.7. The van der Waals surface area contributed by atoms with Gasteiger partial charge in [-0.3, -0.25) is 4.79 Å². The van der Waals surface area contributed by atoms with E-state index in [4.69, 9.17) is 14.2 Å². The molecule has 31 heavy (non-hydrogen) atoms. The number of halogens is 2. The van der Waals surface area contributed by atoms with E-state index < -0.39 is 6.08 Å². The van der Waals surface area contributed by atoms with E-state index >= 15 is 0 Å². The number of hydrogen-bond donors (Lipinski definition) is 0. The normalized spacial score (nSPS) is 10.4. The molecule has 0 spiro atoms. The topological polar surface area (TPSA) is 44.8 Å². The lowest BCUT2D eigenvalue weighted by Gasteiger charge is -2.09. The van der Waals surface area contributed by atoms with Crippen LogP contribution in [0.2, 0.25) is 0 Å². The Hall–Kier alpha value is -2.89. The zero-order chi connectivity index (χ0) is 22.2. The van der Waals surface area contributed by atoms with Crippen molar-refractivity contribution in [2.45, 2.75) is 51.6 Å². The Morgan fingerprint density at radius 3 is 2.13 bits per heavy atom. The number of rotatable bonds is 15. The first-order valence-corrected chi connectivity index (χ1v) is 10.7. The summed E-state index contributed by atoms with van der Waals surface area (Å²) < 4.78 is 40.2. The number of esters is 1. The standard InChI is InChI=1S/C25H30F2O4/c26-24(27)12-8-3-1-2-4-9-13-25(28)30-19-18-29-22-14-16-23(17-15-22)31-20-21-10-6-5-7-11-21/h5-7,10-12,14-17H,1-4,8-9,13,18-20H2. The molecule has 0 amide bonds. The first kappa shape index (κ1) is 24.4. The summed E-state index contributed by atoms with van der Waals surface area (Å²) in [6.45, 7) is 0.994. The molecule has 0 aliphatic heterocycles. The molecule has 2 aromatic rings. The summed E-state index contributed by atoms with van der Waals surface area (Å²) in [5, 5.41) is 0. The van der Waals surface area contributed by atoms with Crippen molar-refractivity contribution in [2.75, 3.05) is 13.2 Å². The van der Waals surface area contributed by atoms with Gasteiger partial charge in [-0.2, -0.15) is 8.78 Å². The lowest BCUT2D eigenvalue weighted by molar-refractivity contribution is -0.144. The van der Waals surface area contributed by atoms with Gasteiger partial charge in [0, 0.05) is 6.42 Å². The molecule has 0 saturated heterocycles. The number of hydrogen-bond acceptors (Lipinski definition) is 4. The predicted molar refractivity (Wildman–Crippen MR) is 116 cm³/mol. The van der Waals surface area contributed by atoms with Crippen LogP contribution in [-0.4, -0.2) is 19.2 Å². The number of benzene rings is 2. The fourth-order valence-corrected chi connectivity index (χ4v) is 2.92. The number of ether oxygens (including phenoxy) is 3. The second kappa shape index (κ2) is 15.0. The van der Waals surface area contributed by atoms with Crippen LogP contribution in [0.25, 0.3) is 0 Å². The van der Waals surface area contributed by atoms with Gasteiger partial charge < -0.3 is 14.2 Å². The van der Waals surface area contributed by atoms with Crippen LogP contribution in [0.5, 0.6) is 11.5 Å². The summed E-state index contributed by atoms with van der Waals surface area (Å²) in [5.41, 5.74) is 1.10. The van der Waals surface area contributed by atoms with Crippen molar-refractivity contribution < 1.29 is 27.8 Å².